The van der Waals surface area contributed by atoms with E-state index in [0.29, 0.717) is 19.5 Å². The Bertz CT molecular complexity index is 536. The Balaban J connectivity index is 5.29. The summed E-state index contributed by atoms with van der Waals surface area (Å²) in [6.07, 6.45) is 16.9. The number of carbonyl (C=O) groups is 1. The van der Waals surface area contributed by atoms with Crippen molar-refractivity contribution in [1.82, 2.24) is 4.90 Å². The summed E-state index contributed by atoms with van der Waals surface area (Å²) in [7, 11) is -4.58. The van der Waals surface area contributed by atoms with Gasteiger partial charge in [-0.05, 0) is 19.3 Å². The average molecular weight is 508 g/mol. The van der Waals surface area contributed by atoms with Gasteiger partial charge < -0.3 is 20.0 Å². The molecule has 2 unspecified atom stereocenters. The molecule has 0 aromatic heterocycles. The van der Waals surface area contributed by atoms with Crippen LogP contribution < -0.4 is 0 Å². The maximum absolute atomic E-state index is 13.5. The first kappa shape index (κ1) is 33.5. The van der Waals surface area contributed by atoms with Crippen LogP contribution in [0.15, 0.2) is 0 Å². The average Bonchev–Trinajstić information content (AvgIpc) is 2.74. The Hall–Kier alpha value is -0.460. The van der Waals surface area contributed by atoms with Gasteiger partial charge in [0.25, 0.3) is 5.97 Å². The monoisotopic (exact) mass is 507 g/mol. The van der Waals surface area contributed by atoms with Crippen molar-refractivity contribution in [2.45, 2.75) is 148 Å². The molecule has 204 valence electrons. The van der Waals surface area contributed by atoms with Crippen LogP contribution in [0.5, 0.6) is 0 Å². The molecule has 2 atom stereocenters. The van der Waals surface area contributed by atoms with E-state index in [9.17, 15) is 24.5 Å². The van der Waals surface area contributed by atoms with Crippen LogP contribution >= 0.6 is 7.60 Å². The topological polar surface area (TPSA) is 107 Å². The van der Waals surface area contributed by atoms with Crippen molar-refractivity contribution in [3.8, 4) is 0 Å². The van der Waals surface area contributed by atoms with Crippen molar-refractivity contribution < 1.29 is 29.0 Å². The second kappa shape index (κ2) is 19.7. The smallest absolute Gasteiger partial charge is 0.343 e. The third kappa shape index (κ3) is 17.0. The van der Waals surface area contributed by atoms with Gasteiger partial charge in [-0.25, -0.2) is 4.52 Å². The number of rotatable bonds is 23. The molecule has 0 aliphatic rings. The molecule has 3 N–H and O–H groups in total. The molecule has 0 heterocycles. The highest BCUT2D eigenvalue weighted by Gasteiger charge is 2.44. The molecule has 1 amide bonds. The fraction of sp³-hybridized carbons (Fsp3) is 0.962. The molecule has 0 aromatic carbocycles. The van der Waals surface area contributed by atoms with E-state index in [0.717, 1.165) is 64.7 Å². The largest absolute Gasteiger partial charge is 0.344 e. The number of nitrogens with zero attached hydrogens (tertiary/aromatic N) is 1. The third-order valence-corrected chi connectivity index (χ3v) is 8.06. The minimum atomic E-state index is -4.58. The van der Waals surface area contributed by atoms with Gasteiger partial charge in [0.1, 0.15) is 5.66 Å². The summed E-state index contributed by atoms with van der Waals surface area (Å²) in [4.78, 5) is 25.8. The van der Waals surface area contributed by atoms with Gasteiger partial charge in [-0.1, -0.05) is 111 Å². The van der Waals surface area contributed by atoms with Crippen molar-refractivity contribution in [2.24, 2.45) is 0 Å². The lowest BCUT2D eigenvalue weighted by atomic mass is 10.1. The van der Waals surface area contributed by atoms with Crippen LogP contribution in [-0.2, 0) is 13.9 Å². The fourth-order valence-corrected chi connectivity index (χ4v) is 5.79. The summed E-state index contributed by atoms with van der Waals surface area (Å²) in [6, 6.07) is 0. The van der Waals surface area contributed by atoms with Crippen LogP contribution in [0.4, 0.5) is 0 Å². The minimum absolute atomic E-state index is 0.201. The maximum atomic E-state index is 13.5. The lowest BCUT2D eigenvalue weighted by Gasteiger charge is -2.31. The molecule has 0 aliphatic carbocycles. The summed E-state index contributed by atoms with van der Waals surface area (Å²) in [6.45, 7) is 8.44. The SMILES string of the molecule is CCCCCCCCN(CCCCCCCC)C(=O)C(CCCCCC)P(=O)(O)OC(C)(O)O. The Morgan fingerprint density at radius 3 is 1.56 bits per heavy atom. The zero-order chi connectivity index (χ0) is 25.9. The Morgan fingerprint density at radius 1 is 0.765 bits per heavy atom. The quantitative estimate of drug-likeness (QED) is 0.0803. The van der Waals surface area contributed by atoms with Crippen LogP contribution in [-0.4, -0.2) is 50.6 Å². The van der Waals surface area contributed by atoms with E-state index in [4.69, 9.17) is 4.52 Å². The zero-order valence-corrected chi connectivity index (χ0v) is 23.4. The number of unbranched alkanes of at least 4 members (excludes halogenated alkanes) is 13. The summed E-state index contributed by atoms with van der Waals surface area (Å²) in [5.41, 5.74) is -1.27. The molecule has 0 bridgehead atoms. The Labute approximate surface area is 209 Å². The van der Waals surface area contributed by atoms with Crippen molar-refractivity contribution in [3.05, 3.63) is 0 Å². The molecule has 0 spiro atoms. The van der Waals surface area contributed by atoms with Crippen LogP contribution in [0.2, 0.25) is 0 Å². The van der Waals surface area contributed by atoms with Crippen molar-refractivity contribution in [2.75, 3.05) is 13.1 Å². The molecule has 34 heavy (non-hydrogen) atoms. The van der Waals surface area contributed by atoms with Crippen molar-refractivity contribution in [1.29, 1.82) is 0 Å². The summed E-state index contributed by atoms with van der Waals surface area (Å²) < 4.78 is 17.7. The van der Waals surface area contributed by atoms with Gasteiger partial charge in [0, 0.05) is 20.0 Å². The van der Waals surface area contributed by atoms with Gasteiger partial charge in [0.2, 0.25) is 5.91 Å². The molecule has 7 nitrogen and oxygen atoms in total. The van der Waals surface area contributed by atoms with E-state index >= 15 is 0 Å². The standard InChI is InChI=1S/C26H54NO6P/c1-5-8-11-14-16-19-22-27(23-20-17-15-12-9-6-2)25(28)24(21-18-13-10-7-3)34(31,32)33-26(4,29)30/h24,29-30H,5-23H2,1-4H3,(H,31,32). The molecule has 8 heteroatoms. The van der Waals surface area contributed by atoms with E-state index in [1.165, 1.54) is 38.5 Å². The van der Waals surface area contributed by atoms with Crippen molar-refractivity contribution in [3.63, 3.8) is 0 Å². The Morgan fingerprint density at radius 2 is 1.15 bits per heavy atom. The van der Waals surface area contributed by atoms with E-state index in [-0.39, 0.29) is 6.42 Å². The first-order valence-corrected chi connectivity index (χ1v) is 15.5. The minimum Gasteiger partial charge on any atom is -0.343 e. The third-order valence-electron chi connectivity index (χ3n) is 6.19. The predicted octanol–water partition coefficient (Wildman–Crippen LogP) is 6.74. The number of amides is 1. The summed E-state index contributed by atoms with van der Waals surface area (Å²) in [5, 5.41) is 19.2. The maximum Gasteiger partial charge on any atom is 0.344 e. The number of hydrogen-bond acceptors (Lipinski definition) is 5. The lowest BCUT2D eigenvalue weighted by Crippen LogP contribution is -2.42. The van der Waals surface area contributed by atoms with Gasteiger partial charge in [0.15, 0.2) is 0 Å². The van der Waals surface area contributed by atoms with Crippen LogP contribution in [0.3, 0.4) is 0 Å². The zero-order valence-electron chi connectivity index (χ0n) is 22.5. The van der Waals surface area contributed by atoms with E-state index in [1.807, 2.05) is 0 Å². The molecule has 0 aliphatic heterocycles. The fourth-order valence-electron chi connectivity index (χ4n) is 4.21. The van der Waals surface area contributed by atoms with Gasteiger partial charge in [-0.2, -0.15) is 0 Å². The van der Waals surface area contributed by atoms with Crippen LogP contribution in [0.1, 0.15) is 137 Å². The molecular weight excluding hydrogens is 453 g/mol. The first-order valence-electron chi connectivity index (χ1n) is 13.9. The molecule has 0 fully saturated rings. The first-order chi connectivity index (χ1) is 16.1. The van der Waals surface area contributed by atoms with Gasteiger partial charge >= 0.3 is 7.60 Å². The number of aliphatic hydroxyl groups is 2. The summed E-state index contributed by atoms with van der Waals surface area (Å²) >= 11 is 0. The number of hydrogen-bond donors (Lipinski definition) is 3. The number of carbonyl (C=O) groups excluding carboxylic acids is 1. The molecule has 0 aromatic rings. The lowest BCUT2D eigenvalue weighted by molar-refractivity contribution is -0.281. The highest BCUT2D eigenvalue weighted by atomic mass is 31.2. The predicted molar refractivity (Wildman–Crippen MR) is 140 cm³/mol. The second-order valence-electron chi connectivity index (χ2n) is 9.82. The van der Waals surface area contributed by atoms with Crippen LogP contribution in [0.25, 0.3) is 0 Å². The molecule has 0 radical (unpaired) electrons. The van der Waals surface area contributed by atoms with E-state index in [2.05, 4.69) is 20.8 Å². The van der Waals surface area contributed by atoms with E-state index < -0.39 is 25.1 Å². The highest BCUT2D eigenvalue weighted by Crippen LogP contribution is 2.52. The molecule has 0 saturated carbocycles. The van der Waals surface area contributed by atoms with Crippen molar-refractivity contribution >= 4 is 13.5 Å². The van der Waals surface area contributed by atoms with Gasteiger partial charge in [0.05, 0.1) is 0 Å². The normalized spacial score (nSPS) is 14.7. The summed E-state index contributed by atoms with van der Waals surface area (Å²) in [5.74, 6) is -3.16. The Kier molecular flexibility index (Phi) is 19.4. The van der Waals surface area contributed by atoms with Gasteiger partial charge in [-0.3, -0.25) is 9.36 Å². The molecular formula is C26H54NO6P. The van der Waals surface area contributed by atoms with E-state index in [1.54, 1.807) is 4.90 Å². The van der Waals surface area contributed by atoms with Gasteiger partial charge in [-0.15, -0.1) is 0 Å². The highest BCUT2D eigenvalue weighted by molar-refractivity contribution is 7.54. The molecule has 0 saturated heterocycles. The van der Waals surface area contributed by atoms with Crippen LogP contribution in [0, 0.1) is 0 Å². The second-order valence-corrected chi connectivity index (χ2v) is 11.7. The molecule has 0 rings (SSSR count).